The minimum absolute atomic E-state index is 0.108. The highest BCUT2D eigenvalue weighted by atomic mass is 16.5. The molecule has 3 unspecified atom stereocenters. The molecule has 0 saturated heterocycles. The summed E-state index contributed by atoms with van der Waals surface area (Å²) in [6.45, 7) is 5.32. The van der Waals surface area contributed by atoms with Crippen LogP contribution in [0.4, 0.5) is 0 Å². The van der Waals surface area contributed by atoms with Gasteiger partial charge in [0.1, 0.15) is 24.6 Å². The van der Waals surface area contributed by atoms with Gasteiger partial charge in [-0.05, 0) is 32.9 Å². The van der Waals surface area contributed by atoms with Gasteiger partial charge < -0.3 is 9.47 Å². The summed E-state index contributed by atoms with van der Waals surface area (Å²) in [6.07, 6.45) is -1.17. The molecule has 0 amide bonds. The summed E-state index contributed by atoms with van der Waals surface area (Å²) in [5, 5.41) is 27.4. The molecule has 0 saturated carbocycles. The number of imidazole rings is 1. The number of benzene rings is 1. The molecule has 3 atom stereocenters. The summed E-state index contributed by atoms with van der Waals surface area (Å²) in [6, 6.07) is 15.8. The monoisotopic (exact) mass is 363 g/mol. The minimum Gasteiger partial charge on any atom is -0.357 e. The van der Waals surface area contributed by atoms with Crippen LogP contribution in [0.2, 0.25) is 0 Å². The number of nitrogens with zero attached hydrogens (tertiary/aromatic N) is 5. The van der Waals surface area contributed by atoms with Gasteiger partial charge in [-0.15, -0.1) is 0 Å². The van der Waals surface area contributed by atoms with Crippen LogP contribution in [0.1, 0.15) is 43.9 Å². The highest BCUT2D eigenvalue weighted by Gasteiger charge is 2.24. The van der Waals surface area contributed by atoms with E-state index < -0.39 is 18.1 Å². The first-order valence-electron chi connectivity index (χ1n) is 8.59. The van der Waals surface area contributed by atoms with Gasteiger partial charge in [-0.2, -0.15) is 15.8 Å². The molecule has 27 heavy (non-hydrogen) atoms. The molecule has 2 rings (SSSR count). The zero-order valence-corrected chi connectivity index (χ0v) is 15.6. The van der Waals surface area contributed by atoms with Crippen molar-refractivity contribution in [2.24, 2.45) is 0 Å². The molecule has 7 nitrogen and oxygen atoms in total. The fourth-order valence-electron chi connectivity index (χ4n) is 2.58. The number of aromatic nitrogens is 2. The predicted molar refractivity (Wildman–Crippen MR) is 97.3 cm³/mol. The Hall–Kier alpha value is -3.18. The first-order chi connectivity index (χ1) is 13.0. The van der Waals surface area contributed by atoms with Gasteiger partial charge in [0, 0.05) is 5.69 Å². The Labute approximate surface area is 159 Å². The SMILES string of the molecule is CC(C#N)OCc1nc(COC(C)C#N)n(-c2ccccc2)c1C(C)C#N. The van der Waals surface area contributed by atoms with Crippen LogP contribution < -0.4 is 0 Å². The minimum atomic E-state index is -0.588. The lowest BCUT2D eigenvalue weighted by Gasteiger charge is -2.15. The van der Waals surface area contributed by atoms with Crippen molar-refractivity contribution in [2.45, 2.75) is 52.1 Å². The Morgan fingerprint density at radius 1 is 0.926 bits per heavy atom. The fourth-order valence-corrected chi connectivity index (χ4v) is 2.58. The first-order valence-corrected chi connectivity index (χ1v) is 8.59. The van der Waals surface area contributed by atoms with Gasteiger partial charge >= 0.3 is 0 Å². The van der Waals surface area contributed by atoms with Crippen molar-refractivity contribution < 1.29 is 9.47 Å². The van der Waals surface area contributed by atoms with Gasteiger partial charge in [-0.3, -0.25) is 4.57 Å². The largest absolute Gasteiger partial charge is 0.357 e. The van der Waals surface area contributed by atoms with E-state index in [1.165, 1.54) is 0 Å². The molecule has 1 heterocycles. The molecular weight excluding hydrogens is 342 g/mol. The molecule has 1 aromatic heterocycles. The fraction of sp³-hybridized carbons (Fsp3) is 0.400. The van der Waals surface area contributed by atoms with Gasteiger partial charge in [-0.1, -0.05) is 18.2 Å². The molecular formula is C20H21N5O2. The zero-order valence-electron chi connectivity index (χ0n) is 15.6. The number of hydrogen-bond acceptors (Lipinski definition) is 6. The Kier molecular flexibility index (Phi) is 7.08. The highest BCUT2D eigenvalue weighted by molar-refractivity contribution is 5.40. The molecule has 0 spiro atoms. The van der Waals surface area contributed by atoms with Crippen LogP contribution >= 0.6 is 0 Å². The van der Waals surface area contributed by atoms with Crippen molar-refractivity contribution >= 4 is 0 Å². The average molecular weight is 363 g/mol. The van der Waals surface area contributed by atoms with E-state index in [0.29, 0.717) is 17.2 Å². The van der Waals surface area contributed by atoms with E-state index in [-0.39, 0.29) is 13.2 Å². The van der Waals surface area contributed by atoms with Crippen molar-refractivity contribution in [3.8, 4) is 23.9 Å². The van der Waals surface area contributed by atoms with E-state index in [1.54, 1.807) is 20.8 Å². The van der Waals surface area contributed by atoms with E-state index in [4.69, 9.17) is 20.0 Å². The Morgan fingerprint density at radius 3 is 2.07 bits per heavy atom. The maximum absolute atomic E-state index is 9.51. The molecule has 0 radical (unpaired) electrons. The second-order valence-electron chi connectivity index (χ2n) is 6.05. The summed E-state index contributed by atoms with van der Waals surface area (Å²) in [4.78, 5) is 4.61. The molecule has 0 aliphatic rings. The summed E-state index contributed by atoms with van der Waals surface area (Å²) in [5.74, 6) is 0.124. The summed E-state index contributed by atoms with van der Waals surface area (Å²) >= 11 is 0. The van der Waals surface area contributed by atoms with E-state index >= 15 is 0 Å². The molecule has 0 N–H and O–H groups in total. The lowest BCUT2D eigenvalue weighted by Crippen LogP contribution is -2.12. The van der Waals surface area contributed by atoms with Crippen LogP contribution in [0.25, 0.3) is 5.69 Å². The number of ether oxygens (including phenoxy) is 2. The van der Waals surface area contributed by atoms with Crippen LogP contribution in [0.5, 0.6) is 0 Å². The average Bonchev–Trinajstić information content (AvgIpc) is 3.08. The number of para-hydroxylation sites is 1. The number of nitriles is 3. The third kappa shape index (κ3) is 4.92. The van der Waals surface area contributed by atoms with Gasteiger partial charge in [0.05, 0.1) is 42.1 Å². The van der Waals surface area contributed by atoms with Crippen LogP contribution in [0.15, 0.2) is 30.3 Å². The van der Waals surface area contributed by atoms with E-state index in [2.05, 4.69) is 11.1 Å². The lowest BCUT2D eigenvalue weighted by molar-refractivity contribution is 0.0805. The summed E-state index contributed by atoms with van der Waals surface area (Å²) in [7, 11) is 0. The van der Waals surface area contributed by atoms with Crippen LogP contribution in [-0.4, -0.2) is 21.8 Å². The second-order valence-corrected chi connectivity index (χ2v) is 6.05. The molecule has 7 heteroatoms. The normalized spacial score (nSPS) is 13.8. The van der Waals surface area contributed by atoms with Crippen molar-refractivity contribution in [1.29, 1.82) is 15.8 Å². The van der Waals surface area contributed by atoms with E-state index in [9.17, 15) is 5.26 Å². The first kappa shape index (κ1) is 20.1. The lowest BCUT2D eigenvalue weighted by atomic mass is 10.1. The number of hydrogen-bond donors (Lipinski definition) is 0. The molecule has 0 aliphatic carbocycles. The zero-order chi connectivity index (χ0) is 19.8. The third-order valence-corrected chi connectivity index (χ3v) is 3.97. The van der Waals surface area contributed by atoms with Gasteiger partial charge in [0.15, 0.2) is 0 Å². The van der Waals surface area contributed by atoms with Crippen molar-refractivity contribution in [3.05, 3.63) is 47.5 Å². The van der Waals surface area contributed by atoms with E-state index in [0.717, 1.165) is 5.69 Å². The molecule has 0 fully saturated rings. The van der Waals surface area contributed by atoms with Gasteiger partial charge in [-0.25, -0.2) is 4.98 Å². The molecule has 1 aromatic carbocycles. The van der Waals surface area contributed by atoms with Crippen molar-refractivity contribution in [1.82, 2.24) is 9.55 Å². The Balaban J connectivity index is 2.54. The predicted octanol–water partition coefficient (Wildman–Crippen LogP) is 3.36. The van der Waals surface area contributed by atoms with Crippen LogP contribution in [0, 0.1) is 34.0 Å². The smallest absolute Gasteiger partial charge is 0.141 e. The van der Waals surface area contributed by atoms with Crippen LogP contribution in [-0.2, 0) is 22.7 Å². The molecule has 2 aromatic rings. The molecule has 0 aliphatic heterocycles. The Morgan fingerprint density at radius 2 is 1.52 bits per heavy atom. The maximum Gasteiger partial charge on any atom is 0.141 e. The second kappa shape index (κ2) is 9.50. The van der Waals surface area contributed by atoms with E-state index in [1.807, 2.05) is 47.0 Å². The van der Waals surface area contributed by atoms with Crippen LogP contribution in [0.3, 0.4) is 0 Å². The summed E-state index contributed by atoms with van der Waals surface area (Å²) in [5.41, 5.74) is 2.11. The quantitative estimate of drug-likeness (QED) is 0.711. The molecule has 0 bridgehead atoms. The standard InChI is InChI=1S/C20H21N5O2/c1-14(9-21)20-18(12-26-15(2)10-22)24-19(13-27-16(3)11-23)25(20)17-7-5-4-6-8-17/h4-8,14-16H,12-13H2,1-3H3. The maximum atomic E-state index is 9.51. The van der Waals surface area contributed by atoms with Crippen molar-refractivity contribution in [3.63, 3.8) is 0 Å². The Bertz CT molecular complexity index is 886. The molecule has 138 valence electrons. The van der Waals surface area contributed by atoms with Gasteiger partial charge in [0.25, 0.3) is 0 Å². The summed E-state index contributed by atoms with van der Waals surface area (Å²) < 4.78 is 12.9. The highest BCUT2D eigenvalue weighted by Crippen LogP contribution is 2.27. The van der Waals surface area contributed by atoms with Crippen molar-refractivity contribution in [2.75, 3.05) is 0 Å². The number of rotatable bonds is 8. The topological polar surface area (TPSA) is 108 Å². The van der Waals surface area contributed by atoms with Gasteiger partial charge in [0.2, 0.25) is 0 Å². The third-order valence-electron chi connectivity index (χ3n) is 3.97.